The molecule has 1 aliphatic rings. The zero-order valence-electron chi connectivity index (χ0n) is 10.9. The van der Waals surface area contributed by atoms with Crippen LogP contribution in [0.1, 0.15) is 36.8 Å². The Morgan fingerprint density at radius 1 is 1.32 bits per heavy atom. The second-order valence-corrected chi connectivity index (χ2v) is 4.96. The van der Waals surface area contributed by atoms with Gasteiger partial charge in [0.15, 0.2) is 0 Å². The molecular weight excluding hydrogens is 238 g/mol. The molecule has 0 spiro atoms. The number of anilines is 1. The van der Waals surface area contributed by atoms with E-state index in [2.05, 4.69) is 17.5 Å². The second kappa shape index (κ2) is 5.12. The van der Waals surface area contributed by atoms with Crippen LogP contribution in [0.2, 0.25) is 0 Å². The fourth-order valence-corrected chi connectivity index (χ4v) is 2.53. The molecule has 1 aromatic carbocycles. The van der Waals surface area contributed by atoms with Gasteiger partial charge in [-0.15, -0.1) is 0 Å². The van der Waals surface area contributed by atoms with Crippen molar-refractivity contribution in [1.29, 1.82) is 10.5 Å². The third kappa shape index (κ3) is 2.30. The van der Waals surface area contributed by atoms with Crippen LogP contribution in [0.4, 0.5) is 5.69 Å². The van der Waals surface area contributed by atoms with Gasteiger partial charge in [0.05, 0.1) is 17.3 Å². The Kier molecular flexibility index (Phi) is 3.53. The minimum atomic E-state index is -0.920. The van der Waals surface area contributed by atoms with Crippen molar-refractivity contribution in [2.45, 2.75) is 32.6 Å². The maximum Gasteiger partial charge on any atom is 0.244 e. The quantitative estimate of drug-likeness (QED) is 0.880. The summed E-state index contributed by atoms with van der Waals surface area (Å²) in [6.07, 6.45) is 3.01. The minimum Gasteiger partial charge on any atom is -0.323 e. The van der Waals surface area contributed by atoms with Gasteiger partial charge in [0, 0.05) is 0 Å². The van der Waals surface area contributed by atoms with Crippen LogP contribution in [-0.2, 0) is 4.79 Å². The van der Waals surface area contributed by atoms with Gasteiger partial charge < -0.3 is 5.32 Å². The van der Waals surface area contributed by atoms with Gasteiger partial charge in [-0.3, -0.25) is 4.79 Å². The Bertz CT molecular complexity index is 586. The molecule has 1 amide bonds. The summed E-state index contributed by atoms with van der Waals surface area (Å²) in [6, 6.07) is 9.56. The molecule has 1 aliphatic carbocycles. The summed E-state index contributed by atoms with van der Waals surface area (Å²) in [5, 5.41) is 21.2. The molecule has 1 saturated carbocycles. The number of carbonyl (C=O) groups excluding carboxylic acids is 1. The van der Waals surface area contributed by atoms with E-state index in [1.54, 1.807) is 12.1 Å². The standard InChI is InChI=1S/C15H15N3O/c1-11-5-4-6-13(12(11)9-16)18-14(19)15(10-17)7-2-3-8-15/h4-6H,2-3,7-8H2,1H3,(H,18,19). The predicted octanol–water partition coefficient (Wildman–Crippen LogP) is 2.89. The Morgan fingerprint density at radius 2 is 2.00 bits per heavy atom. The van der Waals surface area contributed by atoms with Gasteiger partial charge in [0.25, 0.3) is 0 Å². The fourth-order valence-electron chi connectivity index (χ4n) is 2.53. The van der Waals surface area contributed by atoms with E-state index in [0.717, 1.165) is 18.4 Å². The van der Waals surface area contributed by atoms with Crippen LogP contribution in [0.25, 0.3) is 0 Å². The molecule has 2 rings (SSSR count). The second-order valence-electron chi connectivity index (χ2n) is 4.96. The SMILES string of the molecule is Cc1cccc(NC(=O)C2(C#N)CCCC2)c1C#N. The predicted molar refractivity (Wildman–Crippen MR) is 71.0 cm³/mol. The van der Waals surface area contributed by atoms with Crippen molar-refractivity contribution in [2.75, 3.05) is 5.32 Å². The lowest BCUT2D eigenvalue weighted by Gasteiger charge is -2.20. The molecule has 0 heterocycles. The monoisotopic (exact) mass is 253 g/mol. The van der Waals surface area contributed by atoms with E-state index in [1.165, 1.54) is 0 Å². The van der Waals surface area contributed by atoms with Gasteiger partial charge in [-0.2, -0.15) is 10.5 Å². The van der Waals surface area contributed by atoms with Gasteiger partial charge in [0.2, 0.25) is 5.91 Å². The summed E-state index contributed by atoms with van der Waals surface area (Å²) in [6.45, 7) is 1.82. The molecule has 19 heavy (non-hydrogen) atoms. The first-order valence-corrected chi connectivity index (χ1v) is 6.35. The Hall–Kier alpha value is -2.33. The van der Waals surface area contributed by atoms with Gasteiger partial charge in [-0.25, -0.2) is 0 Å². The summed E-state index contributed by atoms with van der Waals surface area (Å²) in [4.78, 5) is 12.3. The highest BCUT2D eigenvalue weighted by molar-refractivity contribution is 5.98. The summed E-state index contributed by atoms with van der Waals surface area (Å²) in [5.41, 5.74) is 0.852. The van der Waals surface area contributed by atoms with E-state index in [9.17, 15) is 10.1 Å². The molecule has 1 fully saturated rings. The lowest BCUT2D eigenvalue weighted by atomic mass is 9.87. The zero-order valence-corrected chi connectivity index (χ0v) is 10.9. The van der Waals surface area contributed by atoms with Crippen LogP contribution in [0, 0.1) is 35.0 Å². The molecule has 4 nitrogen and oxygen atoms in total. The topological polar surface area (TPSA) is 76.7 Å². The van der Waals surface area contributed by atoms with E-state index >= 15 is 0 Å². The van der Waals surface area contributed by atoms with Crippen molar-refractivity contribution in [3.05, 3.63) is 29.3 Å². The summed E-state index contributed by atoms with van der Waals surface area (Å²) in [7, 11) is 0. The van der Waals surface area contributed by atoms with Gasteiger partial charge >= 0.3 is 0 Å². The normalized spacial score (nSPS) is 16.4. The molecule has 1 aromatic rings. The van der Waals surface area contributed by atoms with Crippen LogP contribution in [0.15, 0.2) is 18.2 Å². The maximum absolute atomic E-state index is 12.3. The zero-order chi connectivity index (χ0) is 13.9. The first kappa shape index (κ1) is 13.1. The largest absolute Gasteiger partial charge is 0.323 e. The fraction of sp³-hybridized carbons (Fsp3) is 0.400. The van der Waals surface area contributed by atoms with E-state index < -0.39 is 5.41 Å². The lowest BCUT2D eigenvalue weighted by Crippen LogP contribution is -2.32. The summed E-state index contributed by atoms with van der Waals surface area (Å²) < 4.78 is 0. The first-order chi connectivity index (χ1) is 9.13. The Labute approximate surface area is 112 Å². The number of aryl methyl sites for hydroxylation is 1. The third-order valence-corrected chi connectivity index (χ3v) is 3.74. The molecule has 0 aliphatic heterocycles. The number of nitrogens with one attached hydrogen (secondary N) is 1. The van der Waals surface area contributed by atoms with Crippen molar-refractivity contribution < 1.29 is 4.79 Å². The Morgan fingerprint density at radius 3 is 2.58 bits per heavy atom. The molecule has 0 radical (unpaired) electrons. The number of hydrogen-bond donors (Lipinski definition) is 1. The first-order valence-electron chi connectivity index (χ1n) is 6.35. The molecule has 96 valence electrons. The van der Waals surface area contributed by atoms with E-state index in [4.69, 9.17) is 5.26 Å². The number of hydrogen-bond acceptors (Lipinski definition) is 3. The number of benzene rings is 1. The highest BCUT2D eigenvalue weighted by atomic mass is 16.2. The van der Waals surface area contributed by atoms with Crippen LogP contribution < -0.4 is 5.32 Å². The van der Waals surface area contributed by atoms with Gasteiger partial charge in [-0.1, -0.05) is 25.0 Å². The molecule has 0 aromatic heterocycles. The van der Waals surface area contributed by atoms with Crippen molar-refractivity contribution in [1.82, 2.24) is 0 Å². The van der Waals surface area contributed by atoms with Crippen molar-refractivity contribution in [3.63, 3.8) is 0 Å². The number of rotatable bonds is 2. The van der Waals surface area contributed by atoms with E-state index in [1.807, 2.05) is 13.0 Å². The summed E-state index contributed by atoms with van der Waals surface area (Å²) >= 11 is 0. The molecule has 4 heteroatoms. The van der Waals surface area contributed by atoms with E-state index in [0.29, 0.717) is 24.1 Å². The average Bonchev–Trinajstić information content (AvgIpc) is 2.89. The Balaban J connectivity index is 2.28. The van der Waals surface area contributed by atoms with Crippen molar-refractivity contribution >= 4 is 11.6 Å². The number of nitrogens with zero attached hydrogens (tertiary/aromatic N) is 2. The van der Waals surface area contributed by atoms with E-state index in [-0.39, 0.29) is 5.91 Å². The summed E-state index contributed by atoms with van der Waals surface area (Å²) in [5.74, 6) is -0.283. The average molecular weight is 253 g/mol. The van der Waals surface area contributed by atoms with Gasteiger partial charge in [0.1, 0.15) is 11.5 Å². The van der Waals surface area contributed by atoms with Crippen molar-refractivity contribution in [3.8, 4) is 12.1 Å². The number of carbonyl (C=O) groups is 1. The third-order valence-electron chi connectivity index (χ3n) is 3.74. The highest BCUT2D eigenvalue weighted by Gasteiger charge is 2.41. The maximum atomic E-state index is 12.3. The highest BCUT2D eigenvalue weighted by Crippen LogP contribution is 2.38. The van der Waals surface area contributed by atoms with Crippen LogP contribution in [-0.4, -0.2) is 5.91 Å². The molecule has 0 bridgehead atoms. The molecule has 1 N–H and O–H groups in total. The number of nitriles is 2. The minimum absolute atomic E-state index is 0.283. The van der Waals surface area contributed by atoms with Crippen LogP contribution in [0.3, 0.4) is 0 Å². The van der Waals surface area contributed by atoms with Crippen LogP contribution >= 0.6 is 0 Å². The van der Waals surface area contributed by atoms with Gasteiger partial charge in [-0.05, 0) is 31.4 Å². The molecule has 0 saturated heterocycles. The smallest absolute Gasteiger partial charge is 0.244 e. The molecular formula is C15H15N3O. The van der Waals surface area contributed by atoms with Crippen molar-refractivity contribution in [2.24, 2.45) is 5.41 Å². The molecule has 0 atom stereocenters. The van der Waals surface area contributed by atoms with Crippen LogP contribution in [0.5, 0.6) is 0 Å². The number of amides is 1. The lowest BCUT2D eigenvalue weighted by molar-refractivity contribution is -0.122. The molecule has 0 unspecified atom stereocenters.